The summed E-state index contributed by atoms with van der Waals surface area (Å²) in [6, 6.07) is 11.4. The van der Waals surface area contributed by atoms with Gasteiger partial charge in [-0.2, -0.15) is 0 Å². The number of hydrogen-bond donors (Lipinski definition) is 1. The number of carbonyl (C=O) groups excluding carboxylic acids is 2. The molecule has 1 aliphatic heterocycles. The summed E-state index contributed by atoms with van der Waals surface area (Å²) in [6.45, 7) is 7.53. The van der Waals surface area contributed by atoms with Gasteiger partial charge in [-0.3, -0.25) is 14.0 Å². The summed E-state index contributed by atoms with van der Waals surface area (Å²) in [5.74, 6) is 0.341. The normalized spacial score (nSPS) is 16.8. The number of aromatic nitrogens is 2. The van der Waals surface area contributed by atoms with Crippen LogP contribution in [0, 0.1) is 19.8 Å². The Kier molecular flexibility index (Phi) is 5.09. The van der Waals surface area contributed by atoms with Crippen molar-refractivity contribution in [2.24, 2.45) is 5.92 Å². The van der Waals surface area contributed by atoms with Crippen LogP contribution in [0.25, 0.3) is 5.52 Å². The average molecular weight is 390 g/mol. The number of benzene rings is 1. The van der Waals surface area contributed by atoms with Crippen LogP contribution in [-0.4, -0.2) is 39.2 Å². The fourth-order valence-corrected chi connectivity index (χ4v) is 4.06. The van der Waals surface area contributed by atoms with Gasteiger partial charge in [0.25, 0.3) is 11.8 Å². The van der Waals surface area contributed by atoms with Gasteiger partial charge in [-0.1, -0.05) is 31.2 Å². The highest BCUT2D eigenvalue weighted by molar-refractivity contribution is 6.09. The van der Waals surface area contributed by atoms with E-state index in [9.17, 15) is 9.59 Å². The van der Waals surface area contributed by atoms with Crippen LogP contribution in [-0.2, 0) is 0 Å². The molecule has 4 rings (SSSR count). The topological polar surface area (TPSA) is 66.7 Å². The number of imidazole rings is 1. The molecule has 1 aromatic carbocycles. The predicted molar refractivity (Wildman–Crippen MR) is 113 cm³/mol. The van der Waals surface area contributed by atoms with E-state index in [0.717, 1.165) is 42.7 Å². The van der Waals surface area contributed by atoms with Crippen LogP contribution < -0.4 is 5.32 Å². The van der Waals surface area contributed by atoms with Crippen LogP contribution in [0.1, 0.15) is 52.0 Å². The summed E-state index contributed by atoms with van der Waals surface area (Å²) >= 11 is 0. The highest BCUT2D eigenvalue weighted by Gasteiger charge is 2.28. The van der Waals surface area contributed by atoms with E-state index >= 15 is 0 Å². The molecule has 2 amide bonds. The van der Waals surface area contributed by atoms with E-state index < -0.39 is 0 Å². The molecule has 0 spiro atoms. The second-order valence-electron chi connectivity index (χ2n) is 7.96. The van der Waals surface area contributed by atoms with Gasteiger partial charge in [0.1, 0.15) is 0 Å². The fourth-order valence-electron chi connectivity index (χ4n) is 4.06. The molecule has 1 atom stereocenters. The second-order valence-corrected chi connectivity index (χ2v) is 7.96. The number of nitrogens with zero attached hydrogens (tertiary/aromatic N) is 3. The van der Waals surface area contributed by atoms with E-state index in [1.165, 1.54) is 0 Å². The van der Waals surface area contributed by atoms with Gasteiger partial charge in [-0.05, 0) is 55.9 Å². The third-order valence-electron chi connectivity index (χ3n) is 5.62. The quantitative estimate of drug-likeness (QED) is 0.733. The Morgan fingerprint density at radius 2 is 1.86 bits per heavy atom. The molecular weight excluding hydrogens is 364 g/mol. The Morgan fingerprint density at radius 3 is 2.59 bits per heavy atom. The van der Waals surface area contributed by atoms with Crippen molar-refractivity contribution in [1.29, 1.82) is 0 Å². The molecule has 1 unspecified atom stereocenters. The Hall–Kier alpha value is -3.15. The van der Waals surface area contributed by atoms with Gasteiger partial charge in [0.2, 0.25) is 5.82 Å². The molecule has 0 saturated carbocycles. The number of amides is 2. The Labute approximate surface area is 170 Å². The Morgan fingerprint density at radius 1 is 1.10 bits per heavy atom. The number of rotatable bonds is 3. The van der Waals surface area contributed by atoms with Crippen molar-refractivity contribution in [3.63, 3.8) is 0 Å². The number of para-hydroxylation sites is 1. The molecule has 0 bridgehead atoms. The molecule has 6 nitrogen and oxygen atoms in total. The van der Waals surface area contributed by atoms with Crippen molar-refractivity contribution in [2.45, 2.75) is 33.6 Å². The van der Waals surface area contributed by atoms with Crippen molar-refractivity contribution in [3.8, 4) is 0 Å². The fraction of sp³-hybridized carbons (Fsp3) is 0.348. The number of likely N-dealkylation sites (tertiary alicyclic amines) is 1. The molecule has 0 radical (unpaired) electrons. The van der Waals surface area contributed by atoms with Crippen molar-refractivity contribution in [2.75, 3.05) is 18.4 Å². The van der Waals surface area contributed by atoms with Gasteiger partial charge in [0.15, 0.2) is 5.69 Å². The van der Waals surface area contributed by atoms with Crippen molar-refractivity contribution in [1.82, 2.24) is 14.3 Å². The minimum absolute atomic E-state index is 0.121. The predicted octanol–water partition coefficient (Wildman–Crippen LogP) is 4.08. The third kappa shape index (κ3) is 3.62. The van der Waals surface area contributed by atoms with Gasteiger partial charge in [0, 0.05) is 25.0 Å². The first-order valence-corrected chi connectivity index (χ1v) is 10.1. The first kappa shape index (κ1) is 19.2. The largest absolute Gasteiger partial charge is 0.336 e. The second kappa shape index (κ2) is 7.70. The third-order valence-corrected chi connectivity index (χ3v) is 5.62. The summed E-state index contributed by atoms with van der Waals surface area (Å²) < 4.78 is 1.72. The molecule has 2 aromatic heterocycles. The molecule has 1 saturated heterocycles. The smallest absolute Gasteiger partial charge is 0.290 e. The number of anilines is 1. The van der Waals surface area contributed by atoms with Crippen LogP contribution in [0.4, 0.5) is 5.69 Å². The monoisotopic (exact) mass is 390 g/mol. The number of hydrogen-bond acceptors (Lipinski definition) is 3. The number of pyridine rings is 1. The zero-order valence-electron chi connectivity index (χ0n) is 17.1. The lowest BCUT2D eigenvalue weighted by Crippen LogP contribution is -2.39. The van der Waals surface area contributed by atoms with Crippen LogP contribution in [0.3, 0.4) is 0 Å². The van der Waals surface area contributed by atoms with Crippen molar-refractivity contribution < 1.29 is 9.59 Å². The van der Waals surface area contributed by atoms with E-state index in [2.05, 4.69) is 17.2 Å². The summed E-state index contributed by atoms with van der Waals surface area (Å²) in [7, 11) is 0. The van der Waals surface area contributed by atoms with Crippen molar-refractivity contribution >= 4 is 23.0 Å². The van der Waals surface area contributed by atoms with Crippen molar-refractivity contribution in [3.05, 3.63) is 65.2 Å². The molecule has 0 aliphatic carbocycles. The van der Waals surface area contributed by atoms with Gasteiger partial charge >= 0.3 is 0 Å². The summed E-state index contributed by atoms with van der Waals surface area (Å²) in [5.41, 5.74) is 3.65. The van der Waals surface area contributed by atoms with Gasteiger partial charge < -0.3 is 10.2 Å². The highest BCUT2D eigenvalue weighted by Crippen LogP contribution is 2.23. The summed E-state index contributed by atoms with van der Waals surface area (Å²) in [5, 5.41) is 2.99. The maximum absolute atomic E-state index is 13.2. The maximum Gasteiger partial charge on any atom is 0.290 e. The molecule has 1 N–H and O–H groups in total. The van der Waals surface area contributed by atoms with Crippen LogP contribution in [0.15, 0.2) is 42.6 Å². The molecule has 29 heavy (non-hydrogen) atoms. The van der Waals surface area contributed by atoms with E-state index in [1.807, 2.05) is 55.1 Å². The van der Waals surface area contributed by atoms with Crippen LogP contribution in [0.5, 0.6) is 0 Å². The molecular formula is C23H26N4O2. The Bertz CT molecular complexity index is 1070. The number of aryl methyl sites for hydroxylation is 2. The molecule has 3 aromatic rings. The van der Waals surface area contributed by atoms with Crippen LogP contribution >= 0.6 is 0 Å². The number of carbonyl (C=O) groups is 2. The summed E-state index contributed by atoms with van der Waals surface area (Å²) in [4.78, 5) is 32.6. The van der Waals surface area contributed by atoms with E-state index in [-0.39, 0.29) is 17.5 Å². The van der Waals surface area contributed by atoms with E-state index in [1.54, 1.807) is 10.6 Å². The van der Waals surface area contributed by atoms with E-state index in [4.69, 9.17) is 0 Å². The van der Waals surface area contributed by atoms with Gasteiger partial charge in [0.05, 0.1) is 5.52 Å². The number of piperidine rings is 1. The maximum atomic E-state index is 13.2. The number of fused-ring (bicyclic) bond motifs is 1. The van der Waals surface area contributed by atoms with Gasteiger partial charge in [-0.15, -0.1) is 0 Å². The highest BCUT2D eigenvalue weighted by atomic mass is 16.2. The first-order chi connectivity index (χ1) is 14.0. The average Bonchev–Trinajstić information content (AvgIpc) is 3.10. The minimum atomic E-state index is -0.308. The number of nitrogens with one attached hydrogen (secondary N) is 1. The zero-order valence-corrected chi connectivity index (χ0v) is 17.1. The Balaban J connectivity index is 1.71. The zero-order chi connectivity index (χ0) is 20.5. The molecule has 1 aliphatic rings. The molecule has 3 heterocycles. The summed E-state index contributed by atoms with van der Waals surface area (Å²) in [6.07, 6.45) is 3.92. The minimum Gasteiger partial charge on any atom is -0.336 e. The molecule has 1 fully saturated rings. The lowest BCUT2D eigenvalue weighted by molar-refractivity contribution is 0.0670. The molecule has 6 heteroatoms. The van der Waals surface area contributed by atoms with Crippen LogP contribution in [0.2, 0.25) is 0 Å². The first-order valence-electron chi connectivity index (χ1n) is 10.1. The molecule has 150 valence electrons. The lowest BCUT2D eigenvalue weighted by Gasteiger charge is -2.30. The SMILES string of the molecule is Cc1cccc(C)c1NC(=O)c1nc(C(=O)N2CCCC(C)C2)n2ccccc12. The van der Waals surface area contributed by atoms with E-state index in [0.29, 0.717) is 17.3 Å². The standard InChI is InChI=1S/C23H26N4O2/c1-15-8-7-12-26(14-15)23(29)21-24-20(18-11-4-5-13-27(18)21)22(28)25-19-16(2)9-6-10-17(19)3/h4-6,9-11,13,15H,7-8,12,14H2,1-3H3,(H,25,28). The lowest BCUT2D eigenvalue weighted by atomic mass is 10.0. The van der Waals surface area contributed by atoms with Gasteiger partial charge in [-0.25, -0.2) is 4.98 Å².